The van der Waals surface area contributed by atoms with Gasteiger partial charge in [0.15, 0.2) is 0 Å². The summed E-state index contributed by atoms with van der Waals surface area (Å²) < 4.78 is 5.03. The summed E-state index contributed by atoms with van der Waals surface area (Å²) in [5.41, 5.74) is 1.35. The van der Waals surface area contributed by atoms with Crippen molar-refractivity contribution in [1.82, 2.24) is 0 Å². The Kier molecular flexibility index (Phi) is 2.73. The van der Waals surface area contributed by atoms with Crippen molar-refractivity contribution in [3.05, 3.63) is 29.3 Å². The average molecular weight is 162 g/mol. The van der Waals surface area contributed by atoms with Gasteiger partial charge in [-0.1, -0.05) is 18.1 Å². The van der Waals surface area contributed by atoms with Crippen LogP contribution in [-0.2, 0) is 6.61 Å². The van der Waals surface area contributed by atoms with Crippen molar-refractivity contribution in [2.75, 3.05) is 7.11 Å². The molecule has 62 valence electrons. The fraction of sp³-hybridized carbons (Fsp3) is 0.200. The zero-order valence-corrected chi connectivity index (χ0v) is 6.87. The van der Waals surface area contributed by atoms with Gasteiger partial charge in [-0.05, 0) is 11.6 Å². The molecule has 1 rings (SSSR count). The smallest absolute Gasteiger partial charge is 0.134 e. The molecule has 0 unspecified atom stereocenters. The molecule has 0 saturated carbocycles. The summed E-state index contributed by atoms with van der Waals surface area (Å²) in [5.74, 6) is 3.11. The first-order valence-electron chi connectivity index (χ1n) is 3.56. The summed E-state index contributed by atoms with van der Waals surface area (Å²) in [6.07, 6.45) is 5.26. The SMILES string of the molecule is C#Cc1c(CO)cccc1OC. The summed E-state index contributed by atoms with van der Waals surface area (Å²) in [6.45, 7) is -0.0588. The van der Waals surface area contributed by atoms with Crippen LogP contribution in [0.1, 0.15) is 11.1 Å². The fourth-order valence-corrected chi connectivity index (χ4v) is 1.04. The van der Waals surface area contributed by atoms with Crippen molar-refractivity contribution in [3.63, 3.8) is 0 Å². The van der Waals surface area contributed by atoms with Gasteiger partial charge in [0.2, 0.25) is 0 Å². The molecule has 0 atom stereocenters. The normalized spacial score (nSPS) is 9.08. The maximum Gasteiger partial charge on any atom is 0.134 e. The van der Waals surface area contributed by atoms with Crippen molar-refractivity contribution in [1.29, 1.82) is 0 Å². The number of ether oxygens (including phenoxy) is 1. The predicted molar refractivity (Wildman–Crippen MR) is 46.9 cm³/mol. The van der Waals surface area contributed by atoms with Crippen molar-refractivity contribution < 1.29 is 9.84 Å². The van der Waals surface area contributed by atoms with Gasteiger partial charge in [-0.25, -0.2) is 0 Å². The van der Waals surface area contributed by atoms with Gasteiger partial charge in [0.1, 0.15) is 5.75 Å². The molecule has 0 aliphatic rings. The van der Waals surface area contributed by atoms with Crippen molar-refractivity contribution in [2.45, 2.75) is 6.61 Å². The Labute approximate surface area is 71.8 Å². The quantitative estimate of drug-likeness (QED) is 0.661. The standard InChI is InChI=1S/C10H10O2/c1-3-9-8(7-11)5-4-6-10(9)12-2/h1,4-6,11H,7H2,2H3. The van der Waals surface area contributed by atoms with Crippen LogP contribution < -0.4 is 4.74 Å². The lowest BCUT2D eigenvalue weighted by molar-refractivity contribution is 0.280. The first-order chi connectivity index (χ1) is 5.83. The Morgan fingerprint density at radius 3 is 2.83 bits per heavy atom. The maximum atomic E-state index is 8.92. The van der Waals surface area contributed by atoms with E-state index in [1.54, 1.807) is 25.3 Å². The van der Waals surface area contributed by atoms with Crippen molar-refractivity contribution in [2.24, 2.45) is 0 Å². The highest BCUT2D eigenvalue weighted by atomic mass is 16.5. The van der Waals surface area contributed by atoms with Crippen LogP contribution in [0.5, 0.6) is 5.75 Å². The lowest BCUT2D eigenvalue weighted by Gasteiger charge is -2.06. The molecule has 0 heterocycles. The highest BCUT2D eigenvalue weighted by Gasteiger charge is 2.04. The number of hydrogen-bond acceptors (Lipinski definition) is 2. The topological polar surface area (TPSA) is 29.5 Å². The summed E-state index contributed by atoms with van der Waals surface area (Å²) >= 11 is 0. The molecular formula is C10H10O2. The van der Waals surface area contributed by atoms with Crippen LogP contribution in [0.4, 0.5) is 0 Å². The Bertz CT molecular complexity index is 288. The van der Waals surface area contributed by atoms with E-state index in [0.29, 0.717) is 11.3 Å². The van der Waals surface area contributed by atoms with Gasteiger partial charge < -0.3 is 9.84 Å². The number of benzene rings is 1. The van der Waals surface area contributed by atoms with E-state index in [0.717, 1.165) is 5.56 Å². The Morgan fingerprint density at radius 2 is 2.33 bits per heavy atom. The van der Waals surface area contributed by atoms with Gasteiger partial charge in [0.25, 0.3) is 0 Å². The Balaban J connectivity index is 3.25. The van der Waals surface area contributed by atoms with Crippen LogP contribution in [0, 0.1) is 12.3 Å². The van der Waals surface area contributed by atoms with Crippen LogP contribution in [-0.4, -0.2) is 12.2 Å². The average Bonchev–Trinajstić information content (AvgIpc) is 2.16. The maximum absolute atomic E-state index is 8.92. The van der Waals surface area contributed by atoms with Gasteiger partial charge in [-0.2, -0.15) is 0 Å². The molecule has 0 aliphatic carbocycles. The Morgan fingerprint density at radius 1 is 1.58 bits per heavy atom. The molecule has 0 spiro atoms. The molecule has 1 N–H and O–H groups in total. The minimum Gasteiger partial charge on any atom is -0.495 e. The summed E-state index contributed by atoms with van der Waals surface area (Å²) in [5, 5.41) is 8.92. The van der Waals surface area contributed by atoms with E-state index < -0.39 is 0 Å². The molecule has 2 heteroatoms. The molecule has 0 bridgehead atoms. The lowest BCUT2D eigenvalue weighted by Crippen LogP contribution is -1.93. The second-order valence-corrected chi connectivity index (χ2v) is 2.30. The number of terminal acetylenes is 1. The van der Waals surface area contributed by atoms with Crippen molar-refractivity contribution in [3.8, 4) is 18.1 Å². The number of methoxy groups -OCH3 is 1. The zero-order chi connectivity index (χ0) is 8.97. The molecule has 12 heavy (non-hydrogen) atoms. The first kappa shape index (κ1) is 8.63. The van der Waals surface area contributed by atoms with Gasteiger partial charge in [-0.3, -0.25) is 0 Å². The van der Waals surface area contributed by atoms with Gasteiger partial charge in [0.05, 0.1) is 19.3 Å². The monoisotopic (exact) mass is 162 g/mol. The van der Waals surface area contributed by atoms with Crippen LogP contribution in [0.2, 0.25) is 0 Å². The minimum atomic E-state index is -0.0588. The summed E-state index contributed by atoms with van der Waals surface area (Å²) in [6, 6.07) is 5.34. The molecule has 0 amide bonds. The van der Waals surface area contributed by atoms with Crippen LogP contribution in [0.3, 0.4) is 0 Å². The van der Waals surface area contributed by atoms with E-state index in [9.17, 15) is 0 Å². The second kappa shape index (κ2) is 3.80. The third-order valence-electron chi connectivity index (χ3n) is 1.65. The summed E-state index contributed by atoms with van der Waals surface area (Å²) in [7, 11) is 1.55. The number of hydrogen-bond donors (Lipinski definition) is 1. The number of rotatable bonds is 2. The molecular weight excluding hydrogens is 152 g/mol. The third-order valence-corrected chi connectivity index (χ3v) is 1.65. The van der Waals surface area contributed by atoms with E-state index >= 15 is 0 Å². The van der Waals surface area contributed by atoms with Gasteiger partial charge >= 0.3 is 0 Å². The van der Waals surface area contributed by atoms with E-state index in [1.165, 1.54) is 0 Å². The fourth-order valence-electron chi connectivity index (χ4n) is 1.04. The molecule has 0 radical (unpaired) electrons. The number of aliphatic hydroxyl groups excluding tert-OH is 1. The molecule has 0 aromatic heterocycles. The minimum absolute atomic E-state index is 0.0588. The highest BCUT2D eigenvalue weighted by molar-refractivity contribution is 5.50. The lowest BCUT2D eigenvalue weighted by atomic mass is 10.1. The predicted octanol–water partition coefficient (Wildman–Crippen LogP) is 1.17. The first-order valence-corrected chi connectivity index (χ1v) is 3.56. The van der Waals surface area contributed by atoms with E-state index in [1.807, 2.05) is 0 Å². The van der Waals surface area contributed by atoms with Crippen molar-refractivity contribution >= 4 is 0 Å². The molecule has 2 nitrogen and oxygen atoms in total. The van der Waals surface area contributed by atoms with Gasteiger partial charge in [-0.15, -0.1) is 6.42 Å². The molecule has 1 aromatic carbocycles. The van der Waals surface area contributed by atoms with Gasteiger partial charge in [0, 0.05) is 0 Å². The largest absolute Gasteiger partial charge is 0.495 e. The third kappa shape index (κ3) is 1.41. The van der Waals surface area contributed by atoms with E-state index in [4.69, 9.17) is 16.3 Å². The van der Waals surface area contributed by atoms with E-state index in [-0.39, 0.29) is 6.61 Å². The summed E-state index contributed by atoms with van der Waals surface area (Å²) in [4.78, 5) is 0. The molecule has 0 aliphatic heterocycles. The van der Waals surface area contributed by atoms with Crippen LogP contribution >= 0.6 is 0 Å². The van der Waals surface area contributed by atoms with Crippen LogP contribution in [0.25, 0.3) is 0 Å². The van der Waals surface area contributed by atoms with Crippen LogP contribution in [0.15, 0.2) is 18.2 Å². The Hall–Kier alpha value is -1.46. The zero-order valence-electron chi connectivity index (χ0n) is 6.87. The van der Waals surface area contributed by atoms with E-state index in [2.05, 4.69) is 5.92 Å². The molecule has 0 fully saturated rings. The number of aliphatic hydroxyl groups is 1. The molecule has 0 saturated heterocycles. The highest BCUT2D eigenvalue weighted by Crippen LogP contribution is 2.20. The second-order valence-electron chi connectivity index (χ2n) is 2.30. The molecule has 1 aromatic rings.